The van der Waals surface area contributed by atoms with Crippen molar-refractivity contribution in [3.8, 4) is 5.75 Å². The highest BCUT2D eigenvalue weighted by atomic mass is 35.5. The molecular weight excluding hydrogens is 339 g/mol. The SMILES string of the molecule is Fc1ccc(COc2ccccc2C=NNc2ccccc2)c(Cl)c1. The van der Waals surface area contributed by atoms with E-state index in [1.54, 1.807) is 12.3 Å². The number of hydrogen-bond donors (Lipinski definition) is 1. The van der Waals surface area contributed by atoms with E-state index in [0.717, 1.165) is 16.8 Å². The predicted octanol–water partition coefficient (Wildman–Crippen LogP) is 5.50. The minimum absolute atomic E-state index is 0.246. The first kappa shape index (κ1) is 17.0. The second kappa shape index (κ2) is 8.31. The highest BCUT2D eigenvalue weighted by Gasteiger charge is 2.05. The third-order valence-corrected chi connectivity index (χ3v) is 3.84. The van der Waals surface area contributed by atoms with Crippen LogP contribution in [-0.2, 0) is 6.61 Å². The van der Waals surface area contributed by atoms with Gasteiger partial charge >= 0.3 is 0 Å². The normalized spacial score (nSPS) is 10.8. The van der Waals surface area contributed by atoms with Crippen LogP contribution < -0.4 is 10.2 Å². The van der Waals surface area contributed by atoms with E-state index < -0.39 is 0 Å². The molecule has 0 aliphatic rings. The zero-order valence-electron chi connectivity index (χ0n) is 13.3. The summed E-state index contributed by atoms with van der Waals surface area (Å²) in [5.74, 6) is 0.301. The molecule has 0 saturated heterocycles. The summed E-state index contributed by atoms with van der Waals surface area (Å²) >= 11 is 6.03. The Hall–Kier alpha value is -2.85. The molecule has 0 heterocycles. The smallest absolute Gasteiger partial charge is 0.128 e. The average Bonchev–Trinajstić information content (AvgIpc) is 2.63. The lowest BCUT2D eigenvalue weighted by Crippen LogP contribution is -2.00. The molecule has 0 unspecified atom stereocenters. The summed E-state index contributed by atoms with van der Waals surface area (Å²) < 4.78 is 18.9. The number of ether oxygens (including phenoxy) is 1. The number of nitrogens with zero attached hydrogens (tertiary/aromatic N) is 1. The number of hydrazone groups is 1. The Bertz CT molecular complexity index is 869. The molecule has 0 aliphatic heterocycles. The monoisotopic (exact) mass is 354 g/mol. The molecule has 25 heavy (non-hydrogen) atoms. The summed E-state index contributed by atoms with van der Waals surface area (Å²) in [6, 6.07) is 21.4. The standard InChI is InChI=1S/C20H16ClFN2O/c21-19-12-17(22)11-10-16(19)14-25-20-9-5-4-6-15(20)13-23-24-18-7-2-1-3-8-18/h1-13,24H,14H2. The zero-order chi connectivity index (χ0) is 17.5. The van der Waals surface area contributed by atoms with E-state index in [1.165, 1.54) is 12.1 Å². The van der Waals surface area contributed by atoms with Crippen LogP contribution >= 0.6 is 11.6 Å². The number of hydrogen-bond acceptors (Lipinski definition) is 3. The Morgan fingerprint density at radius 3 is 2.56 bits per heavy atom. The Labute approximate surface area is 150 Å². The first-order chi connectivity index (χ1) is 12.2. The van der Waals surface area contributed by atoms with Gasteiger partial charge in [-0.05, 0) is 36.4 Å². The van der Waals surface area contributed by atoms with Gasteiger partial charge in [0, 0.05) is 11.1 Å². The summed E-state index contributed by atoms with van der Waals surface area (Å²) in [6.45, 7) is 0.246. The van der Waals surface area contributed by atoms with Crippen molar-refractivity contribution >= 4 is 23.5 Å². The molecule has 3 aromatic carbocycles. The second-order valence-corrected chi connectivity index (χ2v) is 5.71. The van der Waals surface area contributed by atoms with Gasteiger partial charge in [0.25, 0.3) is 0 Å². The van der Waals surface area contributed by atoms with Crippen LogP contribution in [0.2, 0.25) is 5.02 Å². The Kier molecular flexibility index (Phi) is 5.65. The number of rotatable bonds is 6. The quantitative estimate of drug-likeness (QED) is 0.468. The third-order valence-electron chi connectivity index (χ3n) is 3.49. The first-order valence-corrected chi connectivity index (χ1v) is 8.10. The van der Waals surface area contributed by atoms with Gasteiger partial charge in [-0.2, -0.15) is 5.10 Å². The molecule has 0 amide bonds. The molecule has 0 bridgehead atoms. The maximum absolute atomic E-state index is 13.1. The fraction of sp³-hybridized carbons (Fsp3) is 0.0500. The molecule has 1 N–H and O–H groups in total. The molecule has 126 valence electrons. The van der Waals surface area contributed by atoms with Crippen LogP contribution in [0.25, 0.3) is 0 Å². The number of nitrogens with one attached hydrogen (secondary N) is 1. The Morgan fingerprint density at radius 2 is 1.76 bits per heavy atom. The highest BCUT2D eigenvalue weighted by Crippen LogP contribution is 2.22. The van der Waals surface area contributed by atoms with Crippen molar-refractivity contribution in [2.75, 3.05) is 5.43 Å². The highest BCUT2D eigenvalue weighted by molar-refractivity contribution is 6.31. The van der Waals surface area contributed by atoms with Crippen LogP contribution in [0.1, 0.15) is 11.1 Å². The van der Waals surface area contributed by atoms with Gasteiger partial charge in [0.05, 0.1) is 16.9 Å². The van der Waals surface area contributed by atoms with Crippen molar-refractivity contribution in [2.45, 2.75) is 6.61 Å². The Balaban J connectivity index is 1.68. The van der Waals surface area contributed by atoms with Gasteiger partial charge in [-0.3, -0.25) is 5.43 Å². The third kappa shape index (κ3) is 4.81. The molecule has 3 aromatic rings. The van der Waals surface area contributed by atoms with Crippen molar-refractivity contribution in [1.82, 2.24) is 0 Å². The van der Waals surface area contributed by atoms with E-state index in [9.17, 15) is 4.39 Å². The number of halogens is 2. The Morgan fingerprint density at radius 1 is 1.00 bits per heavy atom. The fourth-order valence-electron chi connectivity index (χ4n) is 2.20. The van der Waals surface area contributed by atoms with Gasteiger partial charge in [-0.1, -0.05) is 48.0 Å². The summed E-state index contributed by atoms with van der Waals surface area (Å²) in [6.07, 6.45) is 1.69. The fourth-order valence-corrected chi connectivity index (χ4v) is 2.42. The van der Waals surface area contributed by atoms with Crippen molar-refractivity contribution in [3.63, 3.8) is 0 Å². The molecule has 3 rings (SSSR count). The van der Waals surface area contributed by atoms with E-state index in [-0.39, 0.29) is 12.4 Å². The minimum Gasteiger partial charge on any atom is -0.488 e. The van der Waals surface area contributed by atoms with E-state index in [2.05, 4.69) is 10.5 Å². The largest absolute Gasteiger partial charge is 0.488 e. The van der Waals surface area contributed by atoms with Crippen molar-refractivity contribution in [2.24, 2.45) is 5.10 Å². The average molecular weight is 355 g/mol. The van der Waals surface area contributed by atoms with Gasteiger partial charge in [0.1, 0.15) is 18.2 Å². The molecule has 0 saturated carbocycles. The van der Waals surface area contributed by atoms with Crippen LogP contribution in [-0.4, -0.2) is 6.21 Å². The van der Waals surface area contributed by atoms with Crippen LogP contribution in [0.15, 0.2) is 77.9 Å². The molecule has 0 atom stereocenters. The molecule has 0 fully saturated rings. The molecule has 0 aliphatic carbocycles. The van der Waals surface area contributed by atoms with Crippen LogP contribution in [0.4, 0.5) is 10.1 Å². The van der Waals surface area contributed by atoms with Crippen LogP contribution in [0.3, 0.4) is 0 Å². The number of benzene rings is 3. The van der Waals surface area contributed by atoms with E-state index in [4.69, 9.17) is 16.3 Å². The lowest BCUT2D eigenvalue weighted by atomic mass is 10.2. The first-order valence-electron chi connectivity index (χ1n) is 7.72. The predicted molar refractivity (Wildman–Crippen MR) is 99.8 cm³/mol. The number of anilines is 1. The lowest BCUT2D eigenvalue weighted by molar-refractivity contribution is 0.305. The van der Waals surface area contributed by atoms with Crippen molar-refractivity contribution < 1.29 is 9.13 Å². The van der Waals surface area contributed by atoms with Crippen molar-refractivity contribution in [3.05, 3.63) is 94.8 Å². The van der Waals surface area contributed by atoms with Crippen LogP contribution in [0, 0.1) is 5.82 Å². The summed E-state index contributed by atoms with van der Waals surface area (Å²) in [5, 5.41) is 4.57. The molecular formula is C20H16ClFN2O. The van der Waals surface area contributed by atoms with Gasteiger partial charge in [0.15, 0.2) is 0 Å². The maximum Gasteiger partial charge on any atom is 0.128 e. The lowest BCUT2D eigenvalue weighted by Gasteiger charge is -2.10. The molecule has 5 heteroatoms. The summed E-state index contributed by atoms with van der Waals surface area (Å²) in [5.41, 5.74) is 5.40. The number of para-hydroxylation sites is 2. The molecule has 0 spiro atoms. The molecule has 0 radical (unpaired) electrons. The van der Waals surface area contributed by atoms with Gasteiger partial charge < -0.3 is 4.74 Å². The van der Waals surface area contributed by atoms with E-state index in [0.29, 0.717) is 10.8 Å². The summed E-state index contributed by atoms with van der Waals surface area (Å²) in [7, 11) is 0. The van der Waals surface area contributed by atoms with Crippen LogP contribution in [0.5, 0.6) is 5.75 Å². The molecule has 3 nitrogen and oxygen atoms in total. The van der Waals surface area contributed by atoms with Gasteiger partial charge in [0.2, 0.25) is 0 Å². The molecule has 0 aromatic heterocycles. The zero-order valence-corrected chi connectivity index (χ0v) is 14.1. The van der Waals surface area contributed by atoms with E-state index >= 15 is 0 Å². The van der Waals surface area contributed by atoms with Crippen molar-refractivity contribution in [1.29, 1.82) is 0 Å². The summed E-state index contributed by atoms with van der Waals surface area (Å²) in [4.78, 5) is 0. The van der Waals surface area contributed by atoms with Gasteiger partial charge in [-0.15, -0.1) is 0 Å². The topological polar surface area (TPSA) is 33.6 Å². The maximum atomic E-state index is 13.1. The van der Waals surface area contributed by atoms with Gasteiger partial charge in [-0.25, -0.2) is 4.39 Å². The minimum atomic E-state index is -0.367. The van der Waals surface area contributed by atoms with E-state index in [1.807, 2.05) is 54.6 Å². The second-order valence-electron chi connectivity index (χ2n) is 5.30.